The molecule has 0 unspecified atom stereocenters. The van der Waals surface area contributed by atoms with Crippen LogP contribution in [-0.2, 0) is 46.2 Å². The van der Waals surface area contributed by atoms with Crippen LogP contribution in [0, 0.1) is 63.1 Å². The Bertz CT molecular complexity index is 2260. The van der Waals surface area contributed by atoms with E-state index < -0.39 is 75.3 Å². The number of hydrogen-bond donors (Lipinski definition) is 5. The SMILES string of the molecule is CC1(C)O[C@H]2C3(CCCC3)C(=O)OC[C@@]23[C@@H]1C(=O)[C@@H](O)[C@]1([C@H]2CCC[C@H](Cc4ccccc4)C2)[C@@H]3CC[C@@]2(C)[C@H](c3ccoc3C[C@@H](C3CCC([C@H]4CNCN4)CC3)[C@H](O)CO)OC(=O)[C@H]3O[C@@]312. The molecule has 13 heteroatoms. The molecule has 0 amide bonds. The highest BCUT2D eigenvalue weighted by molar-refractivity contribution is 5.93. The van der Waals surface area contributed by atoms with E-state index in [1.807, 2.05) is 26.0 Å². The van der Waals surface area contributed by atoms with Gasteiger partial charge in [0, 0.05) is 47.5 Å². The number of esters is 2. The highest BCUT2D eigenvalue weighted by Gasteiger charge is 2.93. The average Bonchev–Trinajstić information content (AvgIpc) is 3.84. The maximum absolute atomic E-state index is 16.0. The normalized spacial score (nSPS) is 45.3. The third-order valence-electron chi connectivity index (χ3n) is 21.2. The number of cyclic esters (lactones) is 2. The highest BCUT2D eigenvalue weighted by atomic mass is 16.7. The van der Waals surface area contributed by atoms with Gasteiger partial charge in [-0.25, -0.2) is 4.79 Å². The Hall–Kier alpha value is -3.17. The van der Waals surface area contributed by atoms with Crippen LogP contribution < -0.4 is 10.6 Å². The summed E-state index contributed by atoms with van der Waals surface area (Å²) < 4.78 is 34.0. The van der Waals surface area contributed by atoms with Crippen molar-refractivity contribution < 1.29 is 53.1 Å². The lowest BCUT2D eigenvalue weighted by Crippen LogP contribution is -2.80. The van der Waals surface area contributed by atoms with Crippen molar-refractivity contribution in [2.24, 2.45) is 63.1 Å². The largest absolute Gasteiger partial charge is 0.469 e. The van der Waals surface area contributed by atoms with E-state index in [1.165, 1.54) is 5.56 Å². The summed E-state index contributed by atoms with van der Waals surface area (Å²) in [5.74, 6) is -1.03. The van der Waals surface area contributed by atoms with Crippen LogP contribution in [0.4, 0.5) is 0 Å². The van der Waals surface area contributed by atoms with Crippen LogP contribution in [0.15, 0.2) is 47.1 Å². The minimum absolute atomic E-state index is 0.0269. The van der Waals surface area contributed by atoms with E-state index in [-0.39, 0.29) is 54.6 Å². The van der Waals surface area contributed by atoms with Crippen LogP contribution in [0.25, 0.3) is 0 Å². The van der Waals surface area contributed by atoms with Crippen molar-refractivity contribution in [2.75, 3.05) is 26.4 Å². The van der Waals surface area contributed by atoms with Gasteiger partial charge in [-0.2, -0.15) is 0 Å². The standard InChI is InChI=1S/C55H74N2O11/c1-50(2)43-42(60)44(61)54(35-13-9-12-32(25-35)24-31-10-5-4-6-11-31)41(53(43)29-65-49(63)52(48(53)68-50)20-7-8-21-52)18-22-51(3)45(66-47(62)46-55(51,54)67-46)36-19-23-64-40(36)26-37(39(59)28-58)33-14-16-34(17-15-33)38-27-56-30-57-38/h4-6,10-11,19,23,32-35,37-39,41,43-46,48,56-59,61H,7-9,12-18,20-22,24-30H2,1-3H3/t32-,33?,34?,35+,37+,38-,39-,41-,43-,44-,45+,46-,48+,51+,53-,54+,55-/m1/s1. The summed E-state index contributed by atoms with van der Waals surface area (Å²) >= 11 is 0. The molecule has 5 aliphatic heterocycles. The molecule has 2 aromatic rings. The van der Waals surface area contributed by atoms with Crippen LogP contribution in [0.1, 0.15) is 134 Å². The number of carbonyl (C=O) groups is 3. The predicted molar refractivity (Wildman–Crippen MR) is 247 cm³/mol. The average molecular weight is 939 g/mol. The first-order valence-electron chi connectivity index (χ1n) is 26.5. The topological polar surface area (TPSA) is 189 Å². The molecule has 1 aromatic heterocycles. The second-order valence-corrected chi connectivity index (χ2v) is 24.3. The zero-order valence-corrected chi connectivity index (χ0v) is 40.3. The van der Waals surface area contributed by atoms with Crippen LogP contribution in [0.3, 0.4) is 0 Å². The molecule has 0 radical (unpaired) electrons. The van der Waals surface area contributed by atoms with E-state index in [2.05, 4.69) is 41.8 Å². The van der Waals surface area contributed by atoms with Gasteiger partial charge in [-0.3, -0.25) is 9.59 Å². The van der Waals surface area contributed by atoms with Crippen molar-refractivity contribution in [3.05, 3.63) is 59.5 Å². The molecule has 15 atom stereocenters. The number of fused-ring (bicyclic) bond motifs is 2. The Kier molecular flexibility index (Phi) is 11.1. The van der Waals surface area contributed by atoms with Gasteiger partial charge < -0.3 is 49.3 Å². The molecule has 6 heterocycles. The van der Waals surface area contributed by atoms with Crippen molar-refractivity contribution in [2.45, 2.75) is 171 Å². The number of ether oxygens (including phenoxy) is 4. The second-order valence-electron chi connectivity index (χ2n) is 24.3. The first-order chi connectivity index (χ1) is 32.8. The Balaban J connectivity index is 0.967. The lowest BCUT2D eigenvalue weighted by molar-refractivity contribution is -0.285. The molecule has 3 spiro atoms. The summed E-state index contributed by atoms with van der Waals surface area (Å²) in [4.78, 5) is 45.2. The molecule has 5 saturated carbocycles. The number of epoxide rings is 1. The number of hydrogen-bond acceptors (Lipinski definition) is 13. The molecule has 10 aliphatic rings. The van der Waals surface area contributed by atoms with E-state index >= 15 is 4.79 Å². The fraction of sp³-hybridized carbons (Fsp3) is 0.764. The molecule has 370 valence electrons. The van der Waals surface area contributed by atoms with Crippen molar-refractivity contribution >= 4 is 17.7 Å². The summed E-state index contributed by atoms with van der Waals surface area (Å²) in [5, 5.41) is 42.7. The van der Waals surface area contributed by atoms with Gasteiger partial charge >= 0.3 is 11.9 Å². The molecule has 13 nitrogen and oxygen atoms in total. The molecule has 12 rings (SSSR count). The Morgan fingerprint density at radius 1 is 0.882 bits per heavy atom. The minimum atomic E-state index is -1.48. The number of aliphatic hydroxyl groups is 3. The molecule has 68 heavy (non-hydrogen) atoms. The van der Waals surface area contributed by atoms with E-state index in [1.54, 1.807) is 6.26 Å². The molecular weight excluding hydrogens is 865 g/mol. The summed E-state index contributed by atoms with van der Waals surface area (Å²) in [6.45, 7) is 7.53. The highest BCUT2D eigenvalue weighted by Crippen LogP contribution is 2.83. The summed E-state index contributed by atoms with van der Waals surface area (Å²) in [6, 6.07) is 12.9. The van der Waals surface area contributed by atoms with Crippen molar-refractivity contribution in [1.29, 1.82) is 0 Å². The van der Waals surface area contributed by atoms with Gasteiger partial charge in [-0.15, -0.1) is 0 Å². The van der Waals surface area contributed by atoms with E-state index in [4.69, 9.17) is 23.4 Å². The molecule has 5 saturated heterocycles. The number of ketones is 1. The van der Waals surface area contributed by atoms with E-state index in [0.29, 0.717) is 55.4 Å². The Morgan fingerprint density at radius 2 is 1.66 bits per heavy atom. The monoisotopic (exact) mass is 939 g/mol. The number of rotatable bonds is 10. The number of carbonyl (C=O) groups excluding carboxylic acids is 3. The molecule has 5 N–H and O–H groups in total. The zero-order valence-electron chi connectivity index (χ0n) is 40.3. The zero-order chi connectivity index (χ0) is 47.0. The maximum Gasteiger partial charge on any atom is 0.339 e. The fourth-order valence-electron chi connectivity index (χ4n) is 18.6. The third-order valence-corrected chi connectivity index (χ3v) is 21.2. The first-order valence-corrected chi connectivity index (χ1v) is 26.5. The van der Waals surface area contributed by atoms with E-state index in [0.717, 1.165) is 83.8 Å². The number of Topliss-reactive ketones (excluding diaryl/α,β-unsaturated/α-hetero) is 1. The molecule has 10 fully saturated rings. The third kappa shape index (κ3) is 6.20. The number of benzene rings is 1. The second kappa shape index (κ2) is 16.4. The summed E-state index contributed by atoms with van der Waals surface area (Å²) in [5.41, 5.74) is -4.36. The van der Waals surface area contributed by atoms with Gasteiger partial charge in [0.15, 0.2) is 11.9 Å². The van der Waals surface area contributed by atoms with Crippen molar-refractivity contribution in [1.82, 2.24) is 10.6 Å². The number of nitrogens with one attached hydrogen (secondary N) is 2. The lowest BCUT2D eigenvalue weighted by Gasteiger charge is -2.70. The quantitative estimate of drug-likeness (QED) is 0.135. The predicted octanol–water partition coefficient (Wildman–Crippen LogP) is 6.14. The van der Waals surface area contributed by atoms with Gasteiger partial charge in [0.1, 0.15) is 30.2 Å². The molecular formula is C55H74N2O11. The van der Waals surface area contributed by atoms with Crippen LogP contribution in [-0.4, -0.2) is 101 Å². The Labute approximate surface area is 400 Å². The van der Waals surface area contributed by atoms with E-state index in [9.17, 15) is 24.9 Å². The van der Waals surface area contributed by atoms with Crippen LogP contribution in [0.5, 0.6) is 0 Å². The van der Waals surface area contributed by atoms with Gasteiger partial charge in [-0.1, -0.05) is 62.9 Å². The summed E-state index contributed by atoms with van der Waals surface area (Å²) in [6.07, 6.45) is 9.46. The van der Waals surface area contributed by atoms with Crippen LogP contribution in [0.2, 0.25) is 0 Å². The minimum Gasteiger partial charge on any atom is -0.469 e. The smallest absolute Gasteiger partial charge is 0.339 e. The lowest BCUT2D eigenvalue weighted by atomic mass is 9.32. The number of aliphatic hydroxyl groups excluding tert-OH is 3. The van der Waals surface area contributed by atoms with Gasteiger partial charge in [0.25, 0.3) is 0 Å². The number of furan rings is 1. The van der Waals surface area contributed by atoms with Crippen molar-refractivity contribution in [3.63, 3.8) is 0 Å². The van der Waals surface area contributed by atoms with Crippen molar-refractivity contribution in [3.8, 4) is 0 Å². The summed E-state index contributed by atoms with van der Waals surface area (Å²) in [7, 11) is 0. The van der Waals surface area contributed by atoms with Crippen LogP contribution >= 0.6 is 0 Å². The van der Waals surface area contributed by atoms with Gasteiger partial charge in [0.2, 0.25) is 0 Å². The Morgan fingerprint density at radius 3 is 2.40 bits per heavy atom. The first kappa shape index (κ1) is 45.9. The van der Waals surface area contributed by atoms with Gasteiger partial charge in [-0.05, 0) is 132 Å². The van der Waals surface area contributed by atoms with Gasteiger partial charge in [0.05, 0.1) is 42.0 Å². The molecule has 1 aromatic carbocycles. The molecule has 5 aliphatic carbocycles. The maximum atomic E-state index is 16.0. The fourth-order valence-corrected chi connectivity index (χ4v) is 18.6. The molecule has 0 bridgehead atoms.